The van der Waals surface area contributed by atoms with Crippen LogP contribution in [0.1, 0.15) is 5.69 Å². The van der Waals surface area contributed by atoms with E-state index in [1.165, 1.54) is 0 Å². The van der Waals surface area contributed by atoms with Crippen molar-refractivity contribution in [3.05, 3.63) is 47.7 Å². The Balaban J connectivity index is 1.72. The van der Waals surface area contributed by atoms with E-state index in [0.29, 0.717) is 0 Å². The van der Waals surface area contributed by atoms with Crippen molar-refractivity contribution in [1.82, 2.24) is 14.5 Å². The molecule has 0 aliphatic heterocycles. The van der Waals surface area contributed by atoms with E-state index in [1.54, 1.807) is 30.2 Å². The maximum absolute atomic E-state index is 5.25. The summed E-state index contributed by atoms with van der Waals surface area (Å²) in [6.07, 6.45) is 3.76. The van der Waals surface area contributed by atoms with Crippen LogP contribution in [0.4, 0.5) is 0 Å². The number of thioether (sulfide) groups is 1. The first-order chi connectivity index (χ1) is 10.3. The summed E-state index contributed by atoms with van der Waals surface area (Å²) >= 11 is 3.35. The molecule has 0 atom stereocenters. The maximum Gasteiger partial charge on any atom is 0.168 e. The Morgan fingerprint density at radius 3 is 3.05 bits per heavy atom. The van der Waals surface area contributed by atoms with Crippen molar-refractivity contribution in [2.24, 2.45) is 7.05 Å². The van der Waals surface area contributed by atoms with Gasteiger partial charge in [0.2, 0.25) is 0 Å². The molecule has 0 fully saturated rings. The number of nitrogens with zero attached hydrogens (tertiary/aromatic N) is 3. The molecule has 3 rings (SSSR count). The first kappa shape index (κ1) is 14.2. The van der Waals surface area contributed by atoms with E-state index >= 15 is 0 Å². The van der Waals surface area contributed by atoms with Gasteiger partial charge < -0.3 is 9.30 Å². The lowest BCUT2D eigenvalue weighted by molar-refractivity contribution is 0.415. The maximum atomic E-state index is 5.25. The van der Waals surface area contributed by atoms with Gasteiger partial charge in [-0.3, -0.25) is 0 Å². The van der Waals surface area contributed by atoms with E-state index in [9.17, 15) is 0 Å². The lowest BCUT2D eigenvalue weighted by Crippen LogP contribution is -1.90. The van der Waals surface area contributed by atoms with Gasteiger partial charge in [-0.1, -0.05) is 23.9 Å². The van der Waals surface area contributed by atoms with E-state index in [-0.39, 0.29) is 0 Å². The lowest BCUT2D eigenvalue weighted by atomic mass is 10.2. The van der Waals surface area contributed by atoms with Crippen molar-refractivity contribution in [2.75, 3.05) is 7.11 Å². The predicted octanol–water partition coefficient (Wildman–Crippen LogP) is 3.84. The second-order valence-corrected chi connectivity index (χ2v) is 6.29. The van der Waals surface area contributed by atoms with E-state index in [1.807, 2.05) is 42.2 Å². The number of hydrogen-bond donors (Lipinski definition) is 0. The Hall–Kier alpha value is -1.79. The van der Waals surface area contributed by atoms with Crippen LogP contribution in [0.25, 0.3) is 10.6 Å². The third kappa shape index (κ3) is 3.28. The van der Waals surface area contributed by atoms with Gasteiger partial charge in [0.1, 0.15) is 10.8 Å². The fraction of sp³-hybridized carbons (Fsp3) is 0.200. The van der Waals surface area contributed by atoms with Gasteiger partial charge in [-0.15, -0.1) is 11.3 Å². The second-order valence-electron chi connectivity index (χ2n) is 4.49. The van der Waals surface area contributed by atoms with Crippen molar-refractivity contribution >= 4 is 23.1 Å². The van der Waals surface area contributed by atoms with E-state index in [0.717, 1.165) is 32.9 Å². The summed E-state index contributed by atoms with van der Waals surface area (Å²) in [5.41, 5.74) is 2.17. The van der Waals surface area contributed by atoms with Crippen LogP contribution < -0.4 is 4.74 Å². The van der Waals surface area contributed by atoms with Gasteiger partial charge in [-0.2, -0.15) is 0 Å². The molecule has 108 valence electrons. The van der Waals surface area contributed by atoms with Crippen molar-refractivity contribution in [3.63, 3.8) is 0 Å². The normalized spacial score (nSPS) is 10.8. The van der Waals surface area contributed by atoms with Crippen LogP contribution in [0.15, 0.2) is 47.2 Å². The van der Waals surface area contributed by atoms with Crippen LogP contribution in [-0.2, 0) is 12.8 Å². The molecule has 1 aromatic carbocycles. The summed E-state index contributed by atoms with van der Waals surface area (Å²) in [5, 5.41) is 4.13. The third-order valence-electron chi connectivity index (χ3n) is 2.99. The minimum Gasteiger partial charge on any atom is -0.497 e. The number of thiazole rings is 1. The Morgan fingerprint density at radius 1 is 1.38 bits per heavy atom. The van der Waals surface area contributed by atoms with Crippen LogP contribution in [0, 0.1) is 0 Å². The predicted molar refractivity (Wildman–Crippen MR) is 86.9 cm³/mol. The van der Waals surface area contributed by atoms with Gasteiger partial charge in [0.05, 0.1) is 12.8 Å². The smallest absolute Gasteiger partial charge is 0.168 e. The zero-order chi connectivity index (χ0) is 14.7. The molecule has 0 aliphatic rings. The van der Waals surface area contributed by atoms with Crippen molar-refractivity contribution < 1.29 is 4.74 Å². The number of ether oxygens (including phenoxy) is 1. The van der Waals surface area contributed by atoms with Gasteiger partial charge in [-0.05, 0) is 12.1 Å². The summed E-state index contributed by atoms with van der Waals surface area (Å²) in [6.45, 7) is 0. The molecule has 0 saturated carbocycles. The monoisotopic (exact) mass is 317 g/mol. The van der Waals surface area contributed by atoms with Crippen LogP contribution in [0.2, 0.25) is 0 Å². The zero-order valence-corrected chi connectivity index (χ0v) is 13.4. The molecular formula is C15H15N3OS2. The molecule has 0 unspecified atom stereocenters. The van der Waals surface area contributed by atoms with Crippen LogP contribution in [-0.4, -0.2) is 21.6 Å². The second kappa shape index (κ2) is 6.32. The number of aromatic nitrogens is 3. The molecule has 21 heavy (non-hydrogen) atoms. The number of methoxy groups -OCH3 is 1. The van der Waals surface area contributed by atoms with E-state index < -0.39 is 0 Å². The molecule has 2 aromatic heterocycles. The van der Waals surface area contributed by atoms with Gasteiger partial charge in [0, 0.05) is 36.1 Å². The highest BCUT2D eigenvalue weighted by molar-refractivity contribution is 7.98. The minimum atomic E-state index is 0.825. The number of hydrogen-bond acceptors (Lipinski definition) is 5. The Morgan fingerprint density at radius 2 is 2.29 bits per heavy atom. The van der Waals surface area contributed by atoms with Crippen molar-refractivity contribution in [2.45, 2.75) is 10.9 Å². The standard InChI is InChI=1S/C15H15N3OS2/c1-18-7-6-16-15(18)21-10-12-9-20-14(17-12)11-4-3-5-13(8-11)19-2/h3-9H,10H2,1-2H3. The Kier molecular flexibility index (Phi) is 4.26. The zero-order valence-electron chi connectivity index (χ0n) is 11.8. The lowest BCUT2D eigenvalue weighted by Gasteiger charge is -2.01. The average molecular weight is 317 g/mol. The Bertz CT molecular complexity index is 736. The number of aryl methyl sites for hydroxylation is 1. The first-order valence-corrected chi connectivity index (χ1v) is 8.32. The molecule has 2 heterocycles. The average Bonchev–Trinajstić information content (AvgIpc) is 3.14. The molecule has 0 spiro atoms. The molecule has 0 radical (unpaired) electrons. The van der Waals surface area contributed by atoms with Gasteiger partial charge in [0.15, 0.2) is 5.16 Å². The largest absolute Gasteiger partial charge is 0.497 e. The summed E-state index contributed by atoms with van der Waals surface area (Å²) in [7, 11) is 3.67. The fourth-order valence-corrected chi connectivity index (χ4v) is 3.64. The van der Waals surface area contributed by atoms with Crippen LogP contribution >= 0.6 is 23.1 Å². The molecular weight excluding hydrogens is 302 g/mol. The molecule has 4 nitrogen and oxygen atoms in total. The highest BCUT2D eigenvalue weighted by Gasteiger charge is 2.07. The van der Waals surface area contributed by atoms with Gasteiger partial charge in [-0.25, -0.2) is 9.97 Å². The molecule has 6 heteroatoms. The summed E-state index contributed by atoms with van der Waals surface area (Å²) in [5.74, 6) is 1.68. The molecule has 3 aromatic rings. The SMILES string of the molecule is COc1cccc(-c2nc(CSc3nccn3C)cs2)c1. The van der Waals surface area contributed by atoms with Crippen LogP contribution in [0.5, 0.6) is 5.75 Å². The molecule has 0 amide bonds. The van der Waals surface area contributed by atoms with Crippen LogP contribution in [0.3, 0.4) is 0 Å². The fourth-order valence-electron chi connectivity index (χ4n) is 1.89. The van der Waals surface area contributed by atoms with E-state index in [4.69, 9.17) is 9.72 Å². The minimum absolute atomic E-state index is 0.825. The summed E-state index contributed by atoms with van der Waals surface area (Å²) in [4.78, 5) is 8.99. The van der Waals surface area contributed by atoms with Crippen molar-refractivity contribution in [1.29, 1.82) is 0 Å². The van der Waals surface area contributed by atoms with Gasteiger partial charge in [0.25, 0.3) is 0 Å². The Labute approximate surface area is 131 Å². The number of benzene rings is 1. The van der Waals surface area contributed by atoms with Gasteiger partial charge >= 0.3 is 0 Å². The topological polar surface area (TPSA) is 39.9 Å². The quantitative estimate of drug-likeness (QED) is 0.670. The molecule has 0 N–H and O–H groups in total. The summed E-state index contributed by atoms with van der Waals surface area (Å²) in [6, 6.07) is 7.98. The van der Waals surface area contributed by atoms with Crippen molar-refractivity contribution in [3.8, 4) is 16.3 Å². The van der Waals surface area contributed by atoms with E-state index in [2.05, 4.69) is 16.4 Å². The number of imidazole rings is 1. The highest BCUT2D eigenvalue weighted by atomic mass is 32.2. The molecule has 0 saturated heterocycles. The number of rotatable bonds is 5. The third-order valence-corrected chi connectivity index (χ3v) is 5.03. The molecule has 0 aliphatic carbocycles. The molecule has 0 bridgehead atoms. The first-order valence-electron chi connectivity index (χ1n) is 6.45. The summed E-state index contributed by atoms with van der Waals surface area (Å²) < 4.78 is 7.27. The highest BCUT2D eigenvalue weighted by Crippen LogP contribution is 2.29.